The topological polar surface area (TPSA) is 67.3 Å². The summed E-state index contributed by atoms with van der Waals surface area (Å²) < 4.78 is 5.72. The van der Waals surface area contributed by atoms with E-state index in [0.717, 1.165) is 24.2 Å². The van der Waals surface area contributed by atoms with E-state index in [9.17, 15) is 0 Å². The summed E-state index contributed by atoms with van der Waals surface area (Å²) in [5.41, 5.74) is 1.64. The second-order valence-corrected chi connectivity index (χ2v) is 4.51. The highest BCUT2D eigenvalue weighted by molar-refractivity contribution is 5.35. The van der Waals surface area contributed by atoms with Crippen molar-refractivity contribution < 1.29 is 9.84 Å². The fraction of sp³-hybridized carbons (Fsp3) is 0.333. The molecule has 5 nitrogen and oxygen atoms in total. The summed E-state index contributed by atoms with van der Waals surface area (Å²) in [5, 5.41) is 12.3. The molecule has 1 heterocycles. The van der Waals surface area contributed by atoms with E-state index < -0.39 is 0 Å². The zero-order valence-electron chi connectivity index (χ0n) is 11.8. The Morgan fingerprint density at radius 1 is 1.25 bits per heavy atom. The number of benzene rings is 1. The average molecular weight is 273 g/mol. The molecule has 0 bridgehead atoms. The van der Waals surface area contributed by atoms with Crippen LogP contribution in [0.3, 0.4) is 0 Å². The molecule has 2 rings (SSSR count). The molecule has 2 N–H and O–H groups in total. The van der Waals surface area contributed by atoms with Crippen LogP contribution < -0.4 is 10.1 Å². The molecule has 0 unspecified atom stereocenters. The number of nitrogens with zero attached hydrogens (tertiary/aromatic N) is 2. The van der Waals surface area contributed by atoms with Gasteiger partial charge in [0.25, 0.3) is 0 Å². The summed E-state index contributed by atoms with van der Waals surface area (Å²) in [6.07, 6.45) is 1.01. The van der Waals surface area contributed by atoms with E-state index in [-0.39, 0.29) is 6.61 Å². The van der Waals surface area contributed by atoms with Gasteiger partial charge in [0.15, 0.2) is 0 Å². The van der Waals surface area contributed by atoms with E-state index in [0.29, 0.717) is 17.6 Å². The fourth-order valence-corrected chi connectivity index (χ4v) is 1.74. The van der Waals surface area contributed by atoms with Crippen LogP contribution in [-0.2, 0) is 6.61 Å². The van der Waals surface area contributed by atoms with Crippen molar-refractivity contribution in [2.75, 3.05) is 11.9 Å². The lowest BCUT2D eigenvalue weighted by molar-refractivity contribution is 0.281. The Kier molecular flexibility index (Phi) is 4.90. The summed E-state index contributed by atoms with van der Waals surface area (Å²) in [7, 11) is 0. The smallest absolute Gasteiger partial charge is 0.226 e. The third-order valence-corrected chi connectivity index (χ3v) is 2.67. The van der Waals surface area contributed by atoms with E-state index in [1.54, 1.807) is 12.1 Å². The monoisotopic (exact) mass is 273 g/mol. The predicted molar refractivity (Wildman–Crippen MR) is 78.0 cm³/mol. The van der Waals surface area contributed by atoms with Gasteiger partial charge in [-0.3, -0.25) is 0 Å². The molecule has 2 aromatic rings. The number of aliphatic hydroxyl groups is 1. The van der Waals surface area contributed by atoms with Gasteiger partial charge in [0.2, 0.25) is 11.8 Å². The van der Waals surface area contributed by atoms with Crippen LogP contribution >= 0.6 is 0 Å². The molecule has 0 aliphatic rings. The first-order chi connectivity index (χ1) is 9.71. The Bertz CT molecular complexity index is 573. The fourth-order valence-electron chi connectivity index (χ4n) is 1.74. The number of hydrogen-bond donors (Lipinski definition) is 2. The molecule has 0 spiro atoms. The van der Waals surface area contributed by atoms with E-state index in [1.807, 2.05) is 25.1 Å². The highest BCUT2D eigenvalue weighted by Gasteiger charge is 2.04. The molecule has 0 aliphatic heterocycles. The molecule has 0 saturated carbocycles. The molecule has 1 aromatic heterocycles. The standard InChI is InChI=1S/C15H19N3O2/c1-3-7-16-15-17-11(2)8-14(18-15)20-13-6-4-5-12(9-13)10-19/h4-6,8-9,19H,3,7,10H2,1-2H3,(H,16,17,18). The van der Waals surface area contributed by atoms with Crippen LogP contribution in [0.25, 0.3) is 0 Å². The van der Waals surface area contributed by atoms with Crippen molar-refractivity contribution >= 4 is 5.95 Å². The van der Waals surface area contributed by atoms with Gasteiger partial charge < -0.3 is 15.2 Å². The average Bonchev–Trinajstić information content (AvgIpc) is 2.44. The van der Waals surface area contributed by atoms with E-state index in [2.05, 4.69) is 22.2 Å². The van der Waals surface area contributed by atoms with Crippen LogP contribution in [0.4, 0.5) is 5.95 Å². The van der Waals surface area contributed by atoms with Gasteiger partial charge in [-0.05, 0) is 31.0 Å². The van der Waals surface area contributed by atoms with Crippen molar-refractivity contribution in [1.29, 1.82) is 0 Å². The summed E-state index contributed by atoms with van der Waals surface area (Å²) in [6, 6.07) is 9.08. The number of aliphatic hydroxyl groups excluding tert-OH is 1. The highest BCUT2D eigenvalue weighted by atomic mass is 16.5. The first-order valence-corrected chi connectivity index (χ1v) is 6.68. The Hall–Kier alpha value is -2.14. The minimum absolute atomic E-state index is 0.0106. The van der Waals surface area contributed by atoms with Crippen molar-refractivity contribution in [3.8, 4) is 11.6 Å². The summed E-state index contributed by atoms with van der Waals surface area (Å²) in [4.78, 5) is 8.62. The normalized spacial score (nSPS) is 10.3. The van der Waals surface area contributed by atoms with Crippen LogP contribution in [-0.4, -0.2) is 21.6 Å². The maximum absolute atomic E-state index is 9.12. The lowest BCUT2D eigenvalue weighted by Crippen LogP contribution is -2.05. The van der Waals surface area contributed by atoms with E-state index in [1.165, 1.54) is 0 Å². The van der Waals surface area contributed by atoms with Gasteiger partial charge in [-0.25, -0.2) is 4.98 Å². The molecule has 20 heavy (non-hydrogen) atoms. The van der Waals surface area contributed by atoms with Gasteiger partial charge in [-0.1, -0.05) is 19.1 Å². The zero-order valence-corrected chi connectivity index (χ0v) is 11.8. The van der Waals surface area contributed by atoms with Crippen LogP contribution in [0.2, 0.25) is 0 Å². The van der Waals surface area contributed by atoms with Crippen molar-refractivity contribution in [2.45, 2.75) is 26.9 Å². The van der Waals surface area contributed by atoms with Gasteiger partial charge >= 0.3 is 0 Å². The number of nitrogens with one attached hydrogen (secondary N) is 1. The molecule has 0 atom stereocenters. The molecule has 0 aliphatic carbocycles. The van der Waals surface area contributed by atoms with Crippen molar-refractivity contribution in [1.82, 2.24) is 9.97 Å². The maximum atomic E-state index is 9.12. The number of aryl methyl sites for hydroxylation is 1. The van der Waals surface area contributed by atoms with Crippen molar-refractivity contribution in [2.24, 2.45) is 0 Å². The van der Waals surface area contributed by atoms with E-state index >= 15 is 0 Å². The van der Waals surface area contributed by atoms with Crippen molar-refractivity contribution in [3.05, 3.63) is 41.6 Å². The molecule has 0 amide bonds. The third-order valence-electron chi connectivity index (χ3n) is 2.67. The Morgan fingerprint density at radius 3 is 2.85 bits per heavy atom. The largest absolute Gasteiger partial charge is 0.439 e. The quantitative estimate of drug-likeness (QED) is 0.847. The molecular weight excluding hydrogens is 254 g/mol. The summed E-state index contributed by atoms with van der Waals surface area (Å²) in [6.45, 7) is 4.79. The van der Waals surface area contributed by atoms with Gasteiger partial charge in [-0.2, -0.15) is 4.98 Å². The molecule has 0 fully saturated rings. The van der Waals surface area contributed by atoms with Gasteiger partial charge in [-0.15, -0.1) is 0 Å². The van der Waals surface area contributed by atoms with Crippen LogP contribution in [0.1, 0.15) is 24.6 Å². The Balaban J connectivity index is 2.17. The van der Waals surface area contributed by atoms with Gasteiger partial charge in [0.1, 0.15) is 5.75 Å². The Labute approximate surface area is 118 Å². The second kappa shape index (κ2) is 6.86. The molecule has 1 aromatic carbocycles. The van der Waals surface area contributed by atoms with Crippen LogP contribution in [0.5, 0.6) is 11.6 Å². The summed E-state index contributed by atoms with van der Waals surface area (Å²) in [5.74, 6) is 1.71. The number of rotatable bonds is 6. The molecular formula is C15H19N3O2. The number of aromatic nitrogens is 2. The molecule has 0 saturated heterocycles. The lowest BCUT2D eigenvalue weighted by Gasteiger charge is -2.09. The first-order valence-electron chi connectivity index (χ1n) is 6.68. The molecule has 0 radical (unpaired) electrons. The van der Waals surface area contributed by atoms with Gasteiger partial charge in [0.05, 0.1) is 6.61 Å². The lowest BCUT2D eigenvalue weighted by atomic mass is 10.2. The minimum atomic E-state index is -0.0106. The number of ether oxygens (including phenoxy) is 1. The number of hydrogen-bond acceptors (Lipinski definition) is 5. The third kappa shape index (κ3) is 3.93. The molecule has 106 valence electrons. The van der Waals surface area contributed by atoms with Gasteiger partial charge in [0, 0.05) is 18.3 Å². The van der Waals surface area contributed by atoms with Crippen LogP contribution in [0, 0.1) is 6.92 Å². The second-order valence-electron chi connectivity index (χ2n) is 4.51. The Morgan fingerprint density at radius 2 is 2.10 bits per heavy atom. The SMILES string of the molecule is CCCNc1nc(C)cc(Oc2cccc(CO)c2)n1. The predicted octanol–water partition coefficient (Wildman–Crippen LogP) is 2.89. The van der Waals surface area contributed by atoms with Crippen LogP contribution in [0.15, 0.2) is 30.3 Å². The molecule has 5 heteroatoms. The first kappa shape index (κ1) is 14.3. The summed E-state index contributed by atoms with van der Waals surface area (Å²) >= 11 is 0. The van der Waals surface area contributed by atoms with E-state index in [4.69, 9.17) is 9.84 Å². The zero-order chi connectivity index (χ0) is 14.4. The maximum Gasteiger partial charge on any atom is 0.226 e. The minimum Gasteiger partial charge on any atom is -0.439 e. The van der Waals surface area contributed by atoms with Crippen molar-refractivity contribution in [3.63, 3.8) is 0 Å². The number of anilines is 1. The highest BCUT2D eigenvalue weighted by Crippen LogP contribution is 2.22.